The Morgan fingerprint density at radius 2 is 1.76 bits per heavy atom. The van der Waals surface area contributed by atoms with Crippen molar-refractivity contribution in [2.75, 3.05) is 28.6 Å². The highest BCUT2D eigenvalue weighted by atomic mass is 35.5. The monoisotopic (exact) mass is 474 g/mol. The van der Waals surface area contributed by atoms with Gasteiger partial charge in [-0.05, 0) is 42.7 Å². The maximum Gasteiger partial charge on any atom is 0.264 e. The molecule has 10 heteroatoms. The first-order chi connectivity index (χ1) is 13.6. The average molecular weight is 475 g/mol. The van der Waals surface area contributed by atoms with E-state index in [0.29, 0.717) is 29.0 Å². The van der Waals surface area contributed by atoms with Crippen molar-refractivity contribution >= 4 is 54.4 Å². The van der Waals surface area contributed by atoms with Gasteiger partial charge in [0.15, 0.2) is 9.84 Å². The van der Waals surface area contributed by atoms with Gasteiger partial charge in [-0.15, -0.1) is 0 Å². The van der Waals surface area contributed by atoms with Gasteiger partial charge < -0.3 is 4.90 Å². The first kappa shape index (κ1) is 20.8. The van der Waals surface area contributed by atoms with Gasteiger partial charge in [0.2, 0.25) is 0 Å². The number of para-hydroxylation sites is 1. The standard InChI is InChI=1S/C19H20Cl2N2O4S2/c1-28(24,25)12-13-5-6-14(20)11-18(13)29(26,27)23-10-9-22(15-7-8-15)19-16(21)3-2-4-17(19)23/h2-6,11,15H,7-10,12H2,1H3. The number of fused-ring (bicyclic) bond motifs is 1. The first-order valence-electron chi connectivity index (χ1n) is 9.12. The van der Waals surface area contributed by atoms with Crippen molar-refractivity contribution in [2.24, 2.45) is 0 Å². The van der Waals surface area contributed by atoms with Gasteiger partial charge in [-0.2, -0.15) is 0 Å². The summed E-state index contributed by atoms with van der Waals surface area (Å²) in [4.78, 5) is 2.07. The molecule has 1 heterocycles. The number of sulfonamides is 1. The lowest BCUT2D eigenvalue weighted by Gasteiger charge is -2.39. The molecule has 0 radical (unpaired) electrons. The fourth-order valence-electron chi connectivity index (χ4n) is 3.71. The van der Waals surface area contributed by atoms with E-state index in [1.165, 1.54) is 22.5 Å². The van der Waals surface area contributed by atoms with E-state index >= 15 is 0 Å². The second kappa shape index (κ2) is 7.34. The molecule has 0 bridgehead atoms. The summed E-state index contributed by atoms with van der Waals surface area (Å²) < 4.78 is 52.2. The summed E-state index contributed by atoms with van der Waals surface area (Å²) in [6.07, 6.45) is 3.19. The van der Waals surface area contributed by atoms with Gasteiger partial charge >= 0.3 is 0 Å². The third-order valence-corrected chi connectivity index (χ3v) is 8.34. The topological polar surface area (TPSA) is 74.8 Å². The second-order valence-corrected chi connectivity index (χ2v) is 12.2. The van der Waals surface area contributed by atoms with E-state index in [1.807, 2.05) is 0 Å². The molecule has 2 aliphatic rings. The average Bonchev–Trinajstić information content (AvgIpc) is 3.46. The summed E-state index contributed by atoms with van der Waals surface area (Å²) in [5, 5.41) is 0.723. The first-order valence-corrected chi connectivity index (χ1v) is 13.4. The lowest BCUT2D eigenvalue weighted by atomic mass is 10.2. The normalized spacial score (nSPS) is 17.3. The van der Waals surface area contributed by atoms with Crippen LogP contribution in [-0.4, -0.2) is 42.2 Å². The zero-order valence-electron chi connectivity index (χ0n) is 15.7. The molecule has 0 unspecified atom stereocenters. The van der Waals surface area contributed by atoms with E-state index in [4.69, 9.17) is 23.2 Å². The Morgan fingerprint density at radius 3 is 2.41 bits per heavy atom. The smallest absolute Gasteiger partial charge is 0.264 e. The molecule has 4 rings (SSSR count). The van der Waals surface area contributed by atoms with Crippen LogP contribution in [0.2, 0.25) is 10.0 Å². The van der Waals surface area contributed by atoms with Crippen LogP contribution in [0.5, 0.6) is 0 Å². The van der Waals surface area contributed by atoms with E-state index in [9.17, 15) is 16.8 Å². The minimum atomic E-state index is -4.05. The third kappa shape index (κ3) is 4.08. The SMILES string of the molecule is CS(=O)(=O)Cc1ccc(Cl)cc1S(=O)(=O)N1CCN(C2CC2)c2c(Cl)cccc21. The van der Waals surface area contributed by atoms with Gasteiger partial charge in [0.25, 0.3) is 10.0 Å². The van der Waals surface area contributed by atoms with Gasteiger partial charge in [-0.25, -0.2) is 16.8 Å². The molecular weight excluding hydrogens is 455 g/mol. The minimum Gasteiger partial charge on any atom is -0.364 e. The van der Waals surface area contributed by atoms with E-state index in [0.717, 1.165) is 19.1 Å². The Kier molecular flexibility index (Phi) is 5.26. The Balaban J connectivity index is 1.84. The maximum absolute atomic E-state index is 13.6. The summed E-state index contributed by atoms with van der Waals surface area (Å²) in [5.41, 5.74) is 1.41. The molecule has 0 spiro atoms. The van der Waals surface area contributed by atoms with E-state index in [1.54, 1.807) is 18.2 Å². The van der Waals surface area contributed by atoms with Crippen LogP contribution in [0.1, 0.15) is 18.4 Å². The Labute approximate surface area is 181 Å². The lowest BCUT2D eigenvalue weighted by molar-refractivity contribution is 0.586. The molecule has 1 aliphatic carbocycles. The van der Waals surface area contributed by atoms with Gasteiger partial charge in [-0.1, -0.05) is 35.3 Å². The van der Waals surface area contributed by atoms with Crippen molar-refractivity contribution in [2.45, 2.75) is 29.5 Å². The Morgan fingerprint density at radius 1 is 1.03 bits per heavy atom. The zero-order valence-corrected chi connectivity index (χ0v) is 18.8. The predicted octanol–water partition coefficient (Wildman–Crippen LogP) is 3.72. The van der Waals surface area contributed by atoms with Gasteiger partial charge in [-0.3, -0.25) is 4.31 Å². The summed E-state index contributed by atoms with van der Waals surface area (Å²) in [6, 6.07) is 9.84. The summed E-state index contributed by atoms with van der Waals surface area (Å²) in [7, 11) is -7.49. The second-order valence-electron chi connectivity index (χ2n) is 7.43. The van der Waals surface area contributed by atoms with Gasteiger partial charge in [0.1, 0.15) is 0 Å². The van der Waals surface area contributed by atoms with Crippen LogP contribution in [-0.2, 0) is 25.6 Å². The van der Waals surface area contributed by atoms with Crippen molar-refractivity contribution in [1.82, 2.24) is 0 Å². The van der Waals surface area contributed by atoms with Crippen LogP contribution >= 0.6 is 23.2 Å². The molecule has 0 aromatic heterocycles. The molecule has 1 fully saturated rings. The fourth-order valence-corrected chi connectivity index (χ4v) is 6.85. The van der Waals surface area contributed by atoms with E-state index in [2.05, 4.69) is 4.90 Å². The predicted molar refractivity (Wildman–Crippen MR) is 116 cm³/mol. The molecular formula is C19H20Cl2N2O4S2. The molecule has 6 nitrogen and oxygen atoms in total. The molecule has 1 saturated carbocycles. The zero-order chi connectivity index (χ0) is 21.0. The number of nitrogens with zero attached hydrogens (tertiary/aromatic N) is 2. The number of anilines is 2. The van der Waals surface area contributed by atoms with Crippen LogP contribution in [0, 0.1) is 0 Å². The van der Waals surface area contributed by atoms with Crippen LogP contribution in [0.15, 0.2) is 41.3 Å². The number of sulfone groups is 1. The summed E-state index contributed by atoms with van der Waals surface area (Å²) in [5.74, 6) is -0.386. The molecule has 0 atom stereocenters. The quantitative estimate of drug-likeness (QED) is 0.659. The third-order valence-electron chi connectivity index (χ3n) is 5.07. The summed E-state index contributed by atoms with van der Waals surface area (Å²) in [6.45, 7) is 0.764. The molecule has 29 heavy (non-hydrogen) atoms. The van der Waals surface area contributed by atoms with Gasteiger partial charge in [0, 0.05) is 23.9 Å². The minimum absolute atomic E-state index is 0.0961. The lowest BCUT2D eigenvalue weighted by Crippen LogP contribution is -2.45. The van der Waals surface area contributed by atoms with E-state index < -0.39 is 19.9 Å². The highest BCUT2D eigenvalue weighted by molar-refractivity contribution is 7.93. The highest BCUT2D eigenvalue weighted by Crippen LogP contribution is 2.45. The van der Waals surface area contributed by atoms with E-state index in [-0.39, 0.29) is 27.8 Å². The number of halogens is 2. The Bertz CT molecular complexity index is 1180. The van der Waals surface area contributed by atoms with Crippen molar-refractivity contribution in [3.8, 4) is 0 Å². The number of hydrogen-bond acceptors (Lipinski definition) is 5. The molecule has 1 aliphatic heterocycles. The van der Waals surface area contributed by atoms with Crippen molar-refractivity contribution in [1.29, 1.82) is 0 Å². The number of rotatable bonds is 5. The molecule has 156 valence electrons. The largest absolute Gasteiger partial charge is 0.364 e. The van der Waals surface area contributed by atoms with Crippen LogP contribution < -0.4 is 9.21 Å². The number of benzene rings is 2. The summed E-state index contributed by atoms with van der Waals surface area (Å²) >= 11 is 12.5. The van der Waals surface area contributed by atoms with Crippen molar-refractivity contribution < 1.29 is 16.8 Å². The van der Waals surface area contributed by atoms with Crippen molar-refractivity contribution in [3.63, 3.8) is 0 Å². The molecule has 0 N–H and O–H groups in total. The van der Waals surface area contributed by atoms with Crippen molar-refractivity contribution in [3.05, 3.63) is 52.0 Å². The number of hydrogen-bond donors (Lipinski definition) is 0. The molecule has 0 saturated heterocycles. The fraction of sp³-hybridized carbons (Fsp3) is 0.368. The van der Waals surface area contributed by atoms with Crippen LogP contribution in [0.25, 0.3) is 0 Å². The molecule has 2 aromatic carbocycles. The van der Waals surface area contributed by atoms with Crippen LogP contribution in [0.3, 0.4) is 0 Å². The highest BCUT2D eigenvalue weighted by Gasteiger charge is 2.39. The van der Waals surface area contributed by atoms with Gasteiger partial charge in [0.05, 0.1) is 33.6 Å². The Hall–Kier alpha value is -1.48. The van der Waals surface area contributed by atoms with Crippen LogP contribution in [0.4, 0.5) is 11.4 Å². The molecule has 2 aromatic rings. The maximum atomic E-state index is 13.6. The molecule has 0 amide bonds.